The van der Waals surface area contributed by atoms with Gasteiger partial charge in [0.15, 0.2) is 0 Å². The monoisotopic (exact) mass is 297 g/mol. The van der Waals surface area contributed by atoms with E-state index in [0.717, 1.165) is 0 Å². The number of rotatable bonds is 2. The lowest BCUT2D eigenvalue weighted by Crippen LogP contribution is -2.37. The van der Waals surface area contributed by atoms with Gasteiger partial charge in [-0.3, -0.25) is 9.59 Å². The Morgan fingerprint density at radius 1 is 1.14 bits per heavy atom. The molecule has 110 valence electrons. The second kappa shape index (κ2) is 4.97. The average Bonchev–Trinajstić information content (AvgIpc) is 2.40. The van der Waals surface area contributed by atoms with Gasteiger partial charge in [-0.25, -0.2) is 4.68 Å². The second-order valence-electron chi connectivity index (χ2n) is 4.22. The Bertz CT molecular complexity index is 752. The lowest BCUT2D eigenvalue weighted by Gasteiger charge is -2.15. The van der Waals surface area contributed by atoms with Crippen LogP contribution >= 0.6 is 0 Å². The predicted octanol–water partition coefficient (Wildman–Crippen LogP) is 1.35. The minimum Gasteiger partial charge on any atom is -0.365 e. The molecule has 1 aromatic heterocycles. The third-order valence-electron chi connectivity index (χ3n) is 2.86. The highest BCUT2D eigenvalue weighted by atomic mass is 19.4. The molecule has 21 heavy (non-hydrogen) atoms. The number of aromatic nitrogens is 1. The molecule has 0 atom stereocenters. The number of carbonyl (C=O) groups excluding carboxylic acids is 1. The molecule has 2 aromatic rings. The molecule has 0 unspecified atom stereocenters. The smallest absolute Gasteiger partial charge is 0.365 e. The van der Waals surface area contributed by atoms with Gasteiger partial charge in [-0.2, -0.15) is 13.2 Å². The maximum absolute atomic E-state index is 13.0. The van der Waals surface area contributed by atoms with Crippen molar-refractivity contribution in [2.24, 2.45) is 5.73 Å². The summed E-state index contributed by atoms with van der Waals surface area (Å²) in [6.45, 7) is 0. The first-order valence-corrected chi connectivity index (χ1v) is 5.71. The van der Waals surface area contributed by atoms with Crippen molar-refractivity contribution in [1.82, 2.24) is 4.68 Å². The standard InChI is InChI=1S/C13H10F3N3O2/c14-13(15,16)8-6-9(7-4-2-1-3-5-7)19(18)12(21)10(8)11(17)20/h1-6H,18H2,(H2,17,20). The summed E-state index contributed by atoms with van der Waals surface area (Å²) in [5.41, 5.74) is 1.12. The molecule has 1 aromatic carbocycles. The zero-order valence-electron chi connectivity index (χ0n) is 10.5. The first-order chi connectivity index (χ1) is 9.73. The molecule has 1 heterocycles. The number of hydrogen-bond donors (Lipinski definition) is 2. The zero-order valence-corrected chi connectivity index (χ0v) is 10.5. The molecule has 0 saturated heterocycles. The van der Waals surface area contributed by atoms with Crippen LogP contribution in [0.1, 0.15) is 15.9 Å². The van der Waals surface area contributed by atoms with Gasteiger partial charge in [0.2, 0.25) is 0 Å². The molecule has 1 amide bonds. The van der Waals surface area contributed by atoms with E-state index in [4.69, 9.17) is 11.6 Å². The van der Waals surface area contributed by atoms with Gasteiger partial charge in [0.1, 0.15) is 5.56 Å². The minimum atomic E-state index is -4.90. The average molecular weight is 297 g/mol. The third kappa shape index (κ3) is 2.60. The molecule has 0 aliphatic carbocycles. The van der Waals surface area contributed by atoms with Crippen molar-refractivity contribution in [3.8, 4) is 11.3 Å². The van der Waals surface area contributed by atoms with Crippen molar-refractivity contribution >= 4 is 5.91 Å². The maximum atomic E-state index is 13.0. The van der Waals surface area contributed by atoms with E-state index in [1.165, 1.54) is 12.1 Å². The van der Waals surface area contributed by atoms with Crippen LogP contribution in [-0.2, 0) is 6.18 Å². The van der Waals surface area contributed by atoms with Crippen LogP contribution in [0, 0.1) is 0 Å². The second-order valence-corrected chi connectivity index (χ2v) is 4.22. The van der Waals surface area contributed by atoms with Crippen LogP contribution in [0.15, 0.2) is 41.2 Å². The van der Waals surface area contributed by atoms with Crippen molar-refractivity contribution in [3.05, 3.63) is 57.9 Å². The molecule has 8 heteroatoms. The van der Waals surface area contributed by atoms with Gasteiger partial charge in [0.05, 0.1) is 11.3 Å². The summed E-state index contributed by atoms with van der Waals surface area (Å²) in [7, 11) is 0. The molecule has 0 fully saturated rings. The largest absolute Gasteiger partial charge is 0.417 e. The van der Waals surface area contributed by atoms with Crippen LogP contribution in [0.3, 0.4) is 0 Å². The van der Waals surface area contributed by atoms with Crippen LogP contribution in [0.2, 0.25) is 0 Å². The lowest BCUT2D eigenvalue weighted by molar-refractivity contribution is -0.138. The van der Waals surface area contributed by atoms with Crippen LogP contribution in [0.5, 0.6) is 0 Å². The van der Waals surface area contributed by atoms with Gasteiger partial charge < -0.3 is 11.6 Å². The molecule has 4 N–H and O–H groups in total. The summed E-state index contributed by atoms with van der Waals surface area (Å²) >= 11 is 0. The molecule has 0 aliphatic heterocycles. The van der Waals surface area contributed by atoms with Crippen molar-refractivity contribution in [3.63, 3.8) is 0 Å². The van der Waals surface area contributed by atoms with Gasteiger partial charge in [0, 0.05) is 5.56 Å². The van der Waals surface area contributed by atoms with Crippen LogP contribution < -0.4 is 17.1 Å². The van der Waals surface area contributed by atoms with Crippen LogP contribution in [0.4, 0.5) is 13.2 Å². The zero-order chi connectivity index (χ0) is 15.8. The molecule has 5 nitrogen and oxygen atoms in total. The van der Waals surface area contributed by atoms with Gasteiger partial charge in [-0.15, -0.1) is 0 Å². The highest BCUT2D eigenvalue weighted by Crippen LogP contribution is 2.33. The Morgan fingerprint density at radius 3 is 2.19 bits per heavy atom. The highest BCUT2D eigenvalue weighted by molar-refractivity contribution is 5.94. The number of halogens is 3. The molecule has 0 spiro atoms. The number of pyridine rings is 1. The topological polar surface area (TPSA) is 91.1 Å². The summed E-state index contributed by atoms with van der Waals surface area (Å²) in [5, 5.41) is 0. The molecular weight excluding hydrogens is 287 g/mol. The van der Waals surface area contributed by atoms with Crippen molar-refractivity contribution in [2.45, 2.75) is 6.18 Å². The van der Waals surface area contributed by atoms with Gasteiger partial charge in [-0.05, 0) is 6.07 Å². The molecule has 0 bridgehead atoms. The number of primary amides is 1. The van der Waals surface area contributed by atoms with E-state index >= 15 is 0 Å². The van der Waals surface area contributed by atoms with E-state index in [9.17, 15) is 22.8 Å². The Kier molecular flexibility index (Phi) is 3.46. The van der Waals surface area contributed by atoms with Gasteiger partial charge in [0.25, 0.3) is 11.5 Å². The number of benzene rings is 1. The first-order valence-electron chi connectivity index (χ1n) is 5.71. The van der Waals surface area contributed by atoms with Crippen LogP contribution in [-0.4, -0.2) is 10.6 Å². The maximum Gasteiger partial charge on any atom is 0.417 e. The molecule has 0 radical (unpaired) electrons. The summed E-state index contributed by atoms with van der Waals surface area (Å²) in [5.74, 6) is 4.01. The number of nitrogens with two attached hydrogens (primary N) is 2. The molecule has 0 aliphatic rings. The number of nitrogens with zero attached hydrogens (tertiary/aromatic N) is 1. The van der Waals surface area contributed by atoms with E-state index in [0.29, 0.717) is 16.3 Å². The van der Waals surface area contributed by atoms with E-state index in [1.807, 2.05) is 0 Å². The van der Waals surface area contributed by atoms with Gasteiger partial charge in [-0.1, -0.05) is 30.3 Å². The fourth-order valence-electron chi connectivity index (χ4n) is 1.92. The highest BCUT2D eigenvalue weighted by Gasteiger charge is 2.37. The number of hydrogen-bond acceptors (Lipinski definition) is 3. The normalized spacial score (nSPS) is 11.4. The number of carbonyl (C=O) groups is 1. The third-order valence-corrected chi connectivity index (χ3v) is 2.86. The Balaban J connectivity index is 2.86. The lowest BCUT2D eigenvalue weighted by atomic mass is 10.0. The minimum absolute atomic E-state index is 0.169. The number of alkyl halides is 3. The van der Waals surface area contributed by atoms with E-state index < -0.39 is 28.8 Å². The fourth-order valence-corrected chi connectivity index (χ4v) is 1.92. The van der Waals surface area contributed by atoms with Gasteiger partial charge >= 0.3 is 6.18 Å². The van der Waals surface area contributed by atoms with Crippen molar-refractivity contribution in [1.29, 1.82) is 0 Å². The summed E-state index contributed by atoms with van der Waals surface area (Å²) < 4.78 is 39.5. The SMILES string of the molecule is NC(=O)c1c(C(F)(F)F)cc(-c2ccccc2)n(N)c1=O. The van der Waals surface area contributed by atoms with E-state index in [-0.39, 0.29) is 5.69 Å². The van der Waals surface area contributed by atoms with E-state index in [2.05, 4.69) is 0 Å². The van der Waals surface area contributed by atoms with E-state index in [1.54, 1.807) is 18.2 Å². The summed E-state index contributed by atoms with van der Waals surface area (Å²) in [6, 6.07) is 8.43. The Hall–Kier alpha value is -2.77. The van der Waals surface area contributed by atoms with Crippen LogP contribution in [0.25, 0.3) is 11.3 Å². The summed E-state index contributed by atoms with van der Waals surface area (Å²) in [6.07, 6.45) is -4.90. The summed E-state index contributed by atoms with van der Waals surface area (Å²) in [4.78, 5) is 23.1. The molecule has 2 rings (SSSR count). The van der Waals surface area contributed by atoms with Crippen molar-refractivity contribution in [2.75, 3.05) is 5.84 Å². The Labute approximate surface area is 116 Å². The van der Waals surface area contributed by atoms with Crippen molar-refractivity contribution < 1.29 is 18.0 Å². The first kappa shape index (κ1) is 14.6. The predicted molar refractivity (Wildman–Crippen MR) is 69.8 cm³/mol. The number of amides is 1. The number of nitrogen functional groups attached to an aromatic ring is 1. The quantitative estimate of drug-likeness (QED) is 0.820. The molecule has 0 saturated carbocycles. The molecular formula is C13H10F3N3O2. The fraction of sp³-hybridized carbons (Fsp3) is 0.0769. The Morgan fingerprint density at radius 2 is 1.71 bits per heavy atom.